The molecule has 39 heavy (non-hydrogen) atoms. The van der Waals surface area contributed by atoms with Crippen molar-refractivity contribution in [1.82, 2.24) is 10.6 Å². The molecule has 0 aromatic carbocycles. The maximum atomic E-state index is 12.4. The van der Waals surface area contributed by atoms with E-state index in [1.807, 2.05) is 0 Å². The highest BCUT2D eigenvalue weighted by Gasteiger charge is 2.65. The van der Waals surface area contributed by atoms with Crippen LogP contribution in [0.25, 0.3) is 0 Å². The first-order valence-electron chi connectivity index (χ1n) is 14.7. The largest absolute Gasteiger partial charge is 0.393 e. The SMILES string of the molecule is C[C@H](CCC(=O)NCC(=O)NCCS(=O)(=O)O)[C@H]1CC[C@@H]2[C@H]3[C@H](O)C[C@@H]4C[C@H](O)CC[C@]4(C)[C@H]3C[C@H](O)[C@@]21C. The third-order valence-corrected chi connectivity index (χ3v) is 12.2. The van der Waals surface area contributed by atoms with Gasteiger partial charge in [-0.3, -0.25) is 14.1 Å². The number of carbonyl (C=O) groups is 2. The molecule has 0 aromatic heterocycles. The summed E-state index contributed by atoms with van der Waals surface area (Å²) in [5, 5.41) is 38.3. The van der Waals surface area contributed by atoms with E-state index in [9.17, 15) is 33.3 Å². The number of fused-ring (bicyclic) bond motifs is 5. The molecule has 0 aromatic rings. The lowest BCUT2D eigenvalue weighted by Crippen LogP contribution is -2.62. The van der Waals surface area contributed by atoms with Gasteiger partial charge in [-0.2, -0.15) is 8.42 Å². The minimum Gasteiger partial charge on any atom is -0.393 e. The Morgan fingerprint density at radius 3 is 2.38 bits per heavy atom. The third-order valence-electron chi connectivity index (χ3n) is 11.5. The fourth-order valence-corrected chi connectivity index (χ4v) is 9.70. The van der Waals surface area contributed by atoms with Crippen molar-refractivity contribution in [2.75, 3.05) is 18.8 Å². The molecule has 0 unspecified atom stereocenters. The molecule has 4 fully saturated rings. The number of hydrogen-bond acceptors (Lipinski definition) is 7. The Morgan fingerprint density at radius 1 is 0.974 bits per heavy atom. The van der Waals surface area contributed by atoms with Crippen molar-refractivity contribution in [2.24, 2.45) is 46.3 Å². The van der Waals surface area contributed by atoms with Gasteiger partial charge < -0.3 is 26.0 Å². The normalized spacial score (nSPS) is 42.5. The van der Waals surface area contributed by atoms with E-state index in [1.54, 1.807) is 0 Å². The van der Waals surface area contributed by atoms with Crippen LogP contribution in [0.2, 0.25) is 0 Å². The summed E-state index contributed by atoms with van der Waals surface area (Å²) in [6, 6.07) is 0. The van der Waals surface area contributed by atoms with Gasteiger partial charge in [-0.25, -0.2) is 0 Å². The summed E-state index contributed by atoms with van der Waals surface area (Å²) in [7, 11) is -4.16. The Labute approximate surface area is 232 Å². The van der Waals surface area contributed by atoms with Gasteiger partial charge in [0.05, 0.1) is 30.6 Å². The highest BCUT2D eigenvalue weighted by atomic mass is 32.2. The highest BCUT2D eigenvalue weighted by molar-refractivity contribution is 7.85. The highest BCUT2D eigenvalue weighted by Crippen LogP contribution is 2.68. The van der Waals surface area contributed by atoms with Gasteiger partial charge in [-0.05, 0) is 97.7 Å². The standard InChI is InChI=1S/C28H48N2O8S/c1-16(4-7-24(34)30-15-25(35)29-10-11-39(36,37)38)19-5-6-20-26-21(14-23(33)28(19,20)3)27(2)9-8-18(31)12-17(27)13-22(26)32/h16-23,26,31-33H,4-15H2,1-3H3,(H,29,35)(H,30,34)(H,36,37,38)/t16-,17+,18-,19-,20-,21+,22-,23+,26-,27+,28-/m1/s1. The van der Waals surface area contributed by atoms with Crippen molar-refractivity contribution in [1.29, 1.82) is 0 Å². The van der Waals surface area contributed by atoms with Gasteiger partial charge >= 0.3 is 0 Å². The number of hydrogen-bond donors (Lipinski definition) is 6. The number of aliphatic hydroxyl groups excluding tert-OH is 3. The molecule has 4 saturated carbocycles. The quantitative estimate of drug-likeness (QED) is 0.225. The minimum absolute atomic E-state index is 0.0336. The topological polar surface area (TPSA) is 173 Å². The summed E-state index contributed by atoms with van der Waals surface area (Å²) < 4.78 is 30.2. The van der Waals surface area contributed by atoms with E-state index in [2.05, 4.69) is 31.4 Å². The van der Waals surface area contributed by atoms with Gasteiger partial charge in [0.1, 0.15) is 0 Å². The average molecular weight is 573 g/mol. The molecule has 0 bridgehead atoms. The zero-order valence-corrected chi connectivity index (χ0v) is 24.3. The molecule has 0 aliphatic heterocycles. The van der Waals surface area contributed by atoms with Gasteiger partial charge in [-0.1, -0.05) is 20.8 Å². The summed E-state index contributed by atoms with van der Waals surface area (Å²) in [4.78, 5) is 24.2. The molecule has 0 radical (unpaired) electrons. The Bertz CT molecular complexity index is 1020. The second kappa shape index (κ2) is 11.5. The van der Waals surface area contributed by atoms with E-state index in [0.717, 1.165) is 38.5 Å². The number of aliphatic hydroxyl groups is 3. The predicted octanol–water partition coefficient (Wildman–Crippen LogP) is 1.48. The van der Waals surface area contributed by atoms with Crippen molar-refractivity contribution < 1.29 is 37.9 Å². The van der Waals surface area contributed by atoms with Crippen molar-refractivity contribution in [3.05, 3.63) is 0 Å². The number of carbonyl (C=O) groups excluding carboxylic acids is 2. The lowest BCUT2D eigenvalue weighted by Gasteiger charge is -2.63. The molecule has 6 N–H and O–H groups in total. The summed E-state index contributed by atoms with van der Waals surface area (Å²) in [6.07, 6.45) is 5.44. The van der Waals surface area contributed by atoms with E-state index < -0.39 is 34.0 Å². The number of amides is 2. The van der Waals surface area contributed by atoms with E-state index in [4.69, 9.17) is 4.55 Å². The molecule has 11 atom stereocenters. The molecule has 10 nitrogen and oxygen atoms in total. The molecule has 4 rings (SSSR count). The van der Waals surface area contributed by atoms with Crippen LogP contribution in [-0.2, 0) is 19.7 Å². The summed E-state index contributed by atoms with van der Waals surface area (Å²) in [5.41, 5.74) is -0.297. The second-order valence-corrected chi connectivity index (χ2v) is 15.0. The zero-order chi connectivity index (χ0) is 28.8. The fourth-order valence-electron chi connectivity index (χ4n) is 9.34. The molecule has 0 spiro atoms. The number of nitrogens with one attached hydrogen (secondary N) is 2. The first kappa shape index (κ1) is 30.7. The van der Waals surface area contributed by atoms with Crippen LogP contribution in [0.1, 0.15) is 78.6 Å². The second-order valence-electron chi connectivity index (χ2n) is 13.5. The first-order valence-corrected chi connectivity index (χ1v) is 16.3. The van der Waals surface area contributed by atoms with E-state index in [1.165, 1.54) is 0 Å². The lowest BCUT2D eigenvalue weighted by atomic mass is 9.43. The smallest absolute Gasteiger partial charge is 0.266 e. The molecular formula is C28H48N2O8S. The molecule has 11 heteroatoms. The van der Waals surface area contributed by atoms with Crippen molar-refractivity contribution in [2.45, 2.75) is 96.9 Å². The van der Waals surface area contributed by atoms with Crippen molar-refractivity contribution in [3.63, 3.8) is 0 Å². The van der Waals surface area contributed by atoms with Crippen LogP contribution in [0.5, 0.6) is 0 Å². The number of rotatable bonds is 9. The predicted molar refractivity (Wildman–Crippen MR) is 145 cm³/mol. The fraction of sp³-hybridized carbons (Fsp3) is 0.929. The Kier molecular flexibility index (Phi) is 9.08. The molecule has 2 amide bonds. The van der Waals surface area contributed by atoms with Crippen LogP contribution < -0.4 is 10.6 Å². The Morgan fingerprint density at radius 2 is 1.69 bits per heavy atom. The zero-order valence-electron chi connectivity index (χ0n) is 23.5. The lowest BCUT2D eigenvalue weighted by molar-refractivity contribution is -0.207. The molecule has 224 valence electrons. The average Bonchev–Trinajstić information content (AvgIpc) is 3.20. The molecule has 0 saturated heterocycles. The van der Waals surface area contributed by atoms with Crippen LogP contribution in [0.15, 0.2) is 0 Å². The molecule has 4 aliphatic carbocycles. The van der Waals surface area contributed by atoms with Crippen LogP contribution >= 0.6 is 0 Å². The summed E-state index contributed by atoms with van der Waals surface area (Å²) in [5.74, 6) is -0.0801. The third kappa shape index (κ3) is 6.17. The Hall–Kier alpha value is -1.27. The van der Waals surface area contributed by atoms with Crippen molar-refractivity contribution >= 4 is 21.9 Å². The van der Waals surface area contributed by atoms with E-state index in [-0.39, 0.29) is 77.9 Å². The van der Waals surface area contributed by atoms with Crippen LogP contribution in [0, 0.1) is 46.3 Å². The summed E-state index contributed by atoms with van der Waals surface area (Å²) >= 11 is 0. The van der Waals surface area contributed by atoms with Gasteiger partial charge in [0, 0.05) is 13.0 Å². The Balaban J connectivity index is 1.33. The maximum Gasteiger partial charge on any atom is 0.266 e. The monoisotopic (exact) mass is 572 g/mol. The van der Waals surface area contributed by atoms with Crippen LogP contribution in [0.4, 0.5) is 0 Å². The van der Waals surface area contributed by atoms with Gasteiger partial charge in [0.25, 0.3) is 10.1 Å². The minimum atomic E-state index is -4.16. The first-order chi connectivity index (χ1) is 18.2. The van der Waals surface area contributed by atoms with E-state index >= 15 is 0 Å². The van der Waals surface area contributed by atoms with Crippen LogP contribution in [-0.4, -0.2) is 77.3 Å². The molecular weight excluding hydrogens is 524 g/mol. The molecule has 0 heterocycles. The summed E-state index contributed by atoms with van der Waals surface area (Å²) in [6.45, 7) is 6.15. The van der Waals surface area contributed by atoms with Gasteiger partial charge in [-0.15, -0.1) is 0 Å². The van der Waals surface area contributed by atoms with Gasteiger partial charge in [0.15, 0.2) is 0 Å². The van der Waals surface area contributed by atoms with Crippen LogP contribution in [0.3, 0.4) is 0 Å². The maximum absolute atomic E-state index is 12.4. The van der Waals surface area contributed by atoms with Gasteiger partial charge in [0.2, 0.25) is 11.8 Å². The molecule has 4 aliphatic rings. The van der Waals surface area contributed by atoms with Crippen molar-refractivity contribution in [3.8, 4) is 0 Å². The van der Waals surface area contributed by atoms with E-state index in [0.29, 0.717) is 12.8 Å².